The lowest BCUT2D eigenvalue weighted by Gasteiger charge is -2.05. The lowest BCUT2D eigenvalue weighted by molar-refractivity contribution is 0.163. The zero-order valence-electron chi connectivity index (χ0n) is 9.71. The summed E-state index contributed by atoms with van der Waals surface area (Å²) in [6.45, 7) is 0. The van der Waals surface area contributed by atoms with Crippen molar-refractivity contribution < 1.29 is 13.3 Å². The summed E-state index contributed by atoms with van der Waals surface area (Å²) in [5, 5.41) is 3.26. The Balaban J connectivity index is 0.000000241. The molecule has 0 heterocycles. The third kappa shape index (κ3) is 6.50. The van der Waals surface area contributed by atoms with Crippen LogP contribution >= 0.6 is 0 Å². The first kappa shape index (κ1) is 14.1. The summed E-state index contributed by atoms with van der Waals surface area (Å²) in [6, 6.07) is 0.847. The molecule has 1 rings (SSSR count). The van der Waals surface area contributed by atoms with Crippen LogP contribution in [-0.2, 0) is 13.3 Å². The first-order valence-corrected chi connectivity index (χ1v) is 6.45. The van der Waals surface area contributed by atoms with Crippen molar-refractivity contribution in [3.8, 4) is 0 Å². The van der Waals surface area contributed by atoms with E-state index in [2.05, 4.69) is 12.4 Å². The molecule has 1 aliphatic rings. The van der Waals surface area contributed by atoms with Crippen molar-refractivity contribution in [1.29, 1.82) is 0 Å². The van der Waals surface area contributed by atoms with E-state index >= 15 is 0 Å². The van der Waals surface area contributed by atoms with E-state index in [1.165, 1.54) is 25.7 Å². The Kier molecular flexibility index (Phi) is 9.64. The van der Waals surface area contributed by atoms with Gasteiger partial charge in [0, 0.05) is 27.4 Å². The molecular weight excluding hydrogens is 198 g/mol. The van der Waals surface area contributed by atoms with Gasteiger partial charge < -0.3 is 18.6 Å². The average molecular weight is 221 g/mol. The van der Waals surface area contributed by atoms with Gasteiger partial charge in [-0.05, 0) is 19.9 Å². The van der Waals surface area contributed by atoms with Crippen LogP contribution in [-0.4, -0.2) is 43.9 Å². The molecule has 0 spiro atoms. The molecule has 0 bridgehead atoms. The minimum Gasteiger partial charge on any atom is -0.379 e. The highest BCUT2D eigenvalue weighted by Gasteiger charge is 2.10. The van der Waals surface area contributed by atoms with Gasteiger partial charge in [0.25, 0.3) is 0 Å². The van der Waals surface area contributed by atoms with Crippen LogP contribution in [0.15, 0.2) is 0 Å². The molecule has 0 atom stereocenters. The molecular formula is C9H23NO3Si. The second kappa shape index (κ2) is 9.61. The molecule has 0 aliphatic heterocycles. The third-order valence-electron chi connectivity index (χ3n) is 2.34. The van der Waals surface area contributed by atoms with E-state index in [-0.39, 0.29) is 0 Å². The second-order valence-corrected chi connectivity index (χ2v) is 5.26. The van der Waals surface area contributed by atoms with Crippen molar-refractivity contribution in [2.24, 2.45) is 0 Å². The molecule has 5 heteroatoms. The van der Waals surface area contributed by atoms with Gasteiger partial charge in [0.05, 0.1) is 0 Å². The van der Waals surface area contributed by atoms with E-state index in [9.17, 15) is 0 Å². The predicted molar refractivity (Wildman–Crippen MR) is 59.5 cm³/mol. The maximum atomic E-state index is 4.74. The van der Waals surface area contributed by atoms with Crippen LogP contribution in [0.1, 0.15) is 25.7 Å². The Labute approximate surface area is 88.9 Å². The smallest absolute Gasteiger partial charge is 0.379 e. The lowest BCUT2D eigenvalue weighted by Crippen LogP contribution is -2.21. The second-order valence-electron chi connectivity index (χ2n) is 3.27. The largest absolute Gasteiger partial charge is 0.483 e. The fraction of sp³-hybridized carbons (Fsp3) is 1.00. The summed E-state index contributed by atoms with van der Waals surface area (Å²) in [5.74, 6) is 0. The zero-order chi connectivity index (χ0) is 10.8. The highest BCUT2D eigenvalue weighted by Crippen LogP contribution is 2.16. The predicted octanol–water partition coefficient (Wildman–Crippen LogP) is 0.791. The minimum absolute atomic E-state index is 0.847. The number of hydrogen-bond donors (Lipinski definition) is 1. The minimum atomic E-state index is -1.67. The van der Waals surface area contributed by atoms with Gasteiger partial charge in [0.1, 0.15) is 0 Å². The van der Waals surface area contributed by atoms with Crippen LogP contribution in [0, 0.1) is 0 Å². The van der Waals surface area contributed by atoms with E-state index in [4.69, 9.17) is 13.3 Å². The van der Waals surface area contributed by atoms with Gasteiger partial charge in [0.2, 0.25) is 0 Å². The molecule has 0 aromatic heterocycles. The van der Waals surface area contributed by atoms with Crippen molar-refractivity contribution >= 4 is 9.53 Å². The quantitative estimate of drug-likeness (QED) is 0.713. The van der Waals surface area contributed by atoms with Gasteiger partial charge in [-0.2, -0.15) is 0 Å². The molecule has 1 N–H and O–H groups in total. The summed E-state index contributed by atoms with van der Waals surface area (Å²) in [7, 11) is 5.10. The maximum Gasteiger partial charge on any atom is 0.483 e. The van der Waals surface area contributed by atoms with E-state index in [0.29, 0.717) is 0 Å². The van der Waals surface area contributed by atoms with E-state index in [1.807, 2.05) is 0 Å². The monoisotopic (exact) mass is 221 g/mol. The van der Waals surface area contributed by atoms with Crippen molar-refractivity contribution in [3.63, 3.8) is 0 Å². The van der Waals surface area contributed by atoms with Crippen LogP contribution in [0.25, 0.3) is 0 Å². The first-order valence-electron chi connectivity index (χ1n) is 5.04. The molecule has 0 radical (unpaired) electrons. The highest BCUT2D eigenvalue weighted by molar-refractivity contribution is 6.36. The van der Waals surface area contributed by atoms with Crippen LogP contribution in [0.5, 0.6) is 0 Å². The SMILES string of the molecule is CNC1CCCC1.CO[SiH](OC)OC. The van der Waals surface area contributed by atoms with E-state index < -0.39 is 9.53 Å². The Hall–Kier alpha value is 0.0569. The van der Waals surface area contributed by atoms with E-state index in [0.717, 1.165) is 6.04 Å². The normalized spacial score (nSPS) is 16.9. The van der Waals surface area contributed by atoms with Crippen molar-refractivity contribution in [2.75, 3.05) is 28.4 Å². The molecule has 86 valence electrons. The lowest BCUT2D eigenvalue weighted by atomic mass is 10.3. The molecule has 4 nitrogen and oxygen atoms in total. The van der Waals surface area contributed by atoms with Gasteiger partial charge in [-0.3, -0.25) is 0 Å². The van der Waals surface area contributed by atoms with Gasteiger partial charge >= 0.3 is 9.53 Å². The molecule has 0 saturated heterocycles. The van der Waals surface area contributed by atoms with Gasteiger partial charge in [-0.25, -0.2) is 0 Å². The van der Waals surface area contributed by atoms with Crippen molar-refractivity contribution in [2.45, 2.75) is 31.7 Å². The molecule has 0 unspecified atom stereocenters. The van der Waals surface area contributed by atoms with Crippen LogP contribution in [0.2, 0.25) is 0 Å². The molecule has 0 amide bonds. The number of rotatable bonds is 4. The molecule has 0 aromatic carbocycles. The van der Waals surface area contributed by atoms with E-state index in [1.54, 1.807) is 21.3 Å². The molecule has 1 aliphatic carbocycles. The Morgan fingerprint density at radius 2 is 1.43 bits per heavy atom. The summed E-state index contributed by atoms with van der Waals surface area (Å²) >= 11 is 0. The van der Waals surface area contributed by atoms with Crippen LogP contribution < -0.4 is 5.32 Å². The van der Waals surface area contributed by atoms with Crippen molar-refractivity contribution in [3.05, 3.63) is 0 Å². The number of hydrogen-bond acceptors (Lipinski definition) is 4. The summed E-state index contributed by atoms with van der Waals surface area (Å²) in [4.78, 5) is 0. The Morgan fingerprint density at radius 3 is 1.57 bits per heavy atom. The van der Waals surface area contributed by atoms with Gasteiger partial charge in [-0.15, -0.1) is 0 Å². The van der Waals surface area contributed by atoms with Gasteiger partial charge in [-0.1, -0.05) is 12.8 Å². The summed E-state index contributed by atoms with van der Waals surface area (Å²) < 4.78 is 14.2. The summed E-state index contributed by atoms with van der Waals surface area (Å²) in [5.41, 5.74) is 0. The Morgan fingerprint density at radius 1 is 1.00 bits per heavy atom. The van der Waals surface area contributed by atoms with Crippen molar-refractivity contribution in [1.82, 2.24) is 5.32 Å². The summed E-state index contributed by atoms with van der Waals surface area (Å²) in [6.07, 6.45) is 5.67. The maximum absolute atomic E-state index is 4.74. The number of nitrogens with one attached hydrogen (secondary N) is 1. The topological polar surface area (TPSA) is 39.7 Å². The van der Waals surface area contributed by atoms with Gasteiger partial charge in [0.15, 0.2) is 0 Å². The fourth-order valence-electron chi connectivity index (χ4n) is 1.50. The van der Waals surface area contributed by atoms with Crippen LogP contribution in [0.4, 0.5) is 0 Å². The molecule has 1 fully saturated rings. The average Bonchev–Trinajstić information content (AvgIpc) is 2.74. The third-order valence-corrected chi connectivity index (χ3v) is 3.50. The molecule has 1 saturated carbocycles. The fourth-order valence-corrected chi connectivity index (χ4v) is 2.08. The highest BCUT2D eigenvalue weighted by atomic mass is 28.3. The Bertz CT molecular complexity index is 108. The zero-order valence-corrected chi connectivity index (χ0v) is 10.9. The standard InChI is InChI=1S/C6H13N.C3H10O3Si/c1-7-6-4-2-3-5-6;1-4-7(5-2)6-3/h6-7H,2-5H2,1H3;7H,1-3H3. The van der Waals surface area contributed by atoms with Crippen LogP contribution in [0.3, 0.4) is 0 Å². The molecule has 0 aromatic rings. The molecule has 14 heavy (non-hydrogen) atoms. The first-order chi connectivity index (χ1) is 6.78.